The standard InChI is InChI=1S/C16H6O6/c17-13-9-1-5-6(2-10(9)14(18)21-13)8-4-12-11(3-7(5)8)15(19)22-16(12)20/h1-6H/t5-,6?/m0/s1. The van der Waals surface area contributed by atoms with Gasteiger partial charge in [0.2, 0.25) is 0 Å². The summed E-state index contributed by atoms with van der Waals surface area (Å²) in [5.41, 5.74) is 2.78. The molecule has 6 heteroatoms. The molecule has 4 aliphatic rings. The van der Waals surface area contributed by atoms with E-state index in [9.17, 15) is 19.2 Å². The lowest BCUT2D eigenvalue weighted by Crippen LogP contribution is -2.26. The second-order valence-corrected chi connectivity index (χ2v) is 5.59. The SMILES string of the molecule is O=C1OC(=O)C2=C[C@@H]3c4cc5c(cc4C3C=C12)C(=O)OC5=O. The minimum atomic E-state index is -0.651. The smallest absolute Gasteiger partial charge is 0.346 e. The van der Waals surface area contributed by atoms with E-state index in [2.05, 4.69) is 9.47 Å². The fourth-order valence-electron chi connectivity index (χ4n) is 3.51. The van der Waals surface area contributed by atoms with E-state index in [0.29, 0.717) is 0 Å². The van der Waals surface area contributed by atoms with Gasteiger partial charge in [-0.15, -0.1) is 0 Å². The number of esters is 4. The number of cyclic esters (lactones) is 4. The predicted molar refractivity (Wildman–Crippen MR) is 68.9 cm³/mol. The number of fused-ring (bicyclic) bond motifs is 6. The zero-order valence-corrected chi connectivity index (χ0v) is 10.9. The Bertz CT molecular complexity index is 844. The quantitative estimate of drug-likeness (QED) is 0.526. The first-order valence-corrected chi connectivity index (χ1v) is 6.69. The van der Waals surface area contributed by atoms with Crippen LogP contribution in [0.4, 0.5) is 0 Å². The van der Waals surface area contributed by atoms with Crippen molar-refractivity contribution in [3.05, 3.63) is 57.7 Å². The Labute approximate surface area is 123 Å². The van der Waals surface area contributed by atoms with E-state index in [4.69, 9.17) is 0 Å². The largest absolute Gasteiger partial charge is 0.386 e. The molecule has 2 atom stereocenters. The fourth-order valence-corrected chi connectivity index (χ4v) is 3.51. The van der Waals surface area contributed by atoms with Crippen molar-refractivity contribution in [2.75, 3.05) is 0 Å². The molecule has 1 unspecified atom stereocenters. The molecule has 106 valence electrons. The molecule has 1 fully saturated rings. The Morgan fingerprint density at radius 2 is 1.05 bits per heavy atom. The maximum atomic E-state index is 11.6. The average Bonchev–Trinajstić information content (AvgIpc) is 2.92. The summed E-state index contributed by atoms with van der Waals surface area (Å²) in [7, 11) is 0. The first-order valence-electron chi connectivity index (χ1n) is 6.69. The molecule has 1 aromatic carbocycles. The van der Waals surface area contributed by atoms with E-state index >= 15 is 0 Å². The van der Waals surface area contributed by atoms with Gasteiger partial charge in [0.05, 0.1) is 22.3 Å². The Morgan fingerprint density at radius 1 is 0.636 bits per heavy atom. The second kappa shape index (κ2) is 3.41. The van der Waals surface area contributed by atoms with E-state index in [0.717, 1.165) is 11.1 Å². The van der Waals surface area contributed by atoms with E-state index in [1.165, 1.54) is 0 Å². The van der Waals surface area contributed by atoms with Gasteiger partial charge in [0, 0.05) is 11.8 Å². The van der Waals surface area contributed by atoms with Crippen molar-refractivity contribution in [3.8, 4) is 0 Å². The molecule has 5 rings (SSSR count). The van der Waals surface area contributed by atoms with Crippen LogP contribution in [0.5, 0.6) is 0 Å². The number of carbonyl (C=O) groups excluding carboxylic acids is 4. The van der Waals surface area contributed by atoms with Gasteiger partial charge in [0.25, 0.3) is 0 Å². The first-order chi connectivity index (χ1) is 10.5. The third-order valence-electron chi connectivity index (χ3n) is 4.56. The van der Waals surface area contributed by atoms with Crippen LogP contribution in [0.15, 0.2) is 35.4 Å². The molecule has 0 aromatic heterocycles. The number of hydrogen-bond donors (Lipinski definition) is 0. The topological polar surface area (TPSA) is 86.7 Å². The summed E-state index contributed by atoms with van der Waals surface area (Å²) in [5.74, 6) is -2.78. The third kappa shape index (κ3) is 1.17. The molecule has 22 heavy (non-hydrogen) atoms. The summed E-state index contributed by atoms with van der Waals surface area (Å²) in [6.07, 6.45) is 3.40. The number of ether oxygens (including phenoxy) is 2. The van der Waals surface area contributed by atoms with Crippen LogP contribution >= 0.6 is 0 Å². The Balaban J connectivity index is 1.69. The Morgan fingerprint density at radius 3 is 1.50 bits per heavy atom. The highest BCUT2D eigenvalue weighted by atomic mass is 16.6. The molecule has 0 radical (unpaired) electrons. The molecule has 0 amide bonds. The van der Waals surface area contributed by atoms with Crippen LogP contribution < -0.4 is 0 Å². The van der Waals surface area contributed by atoms with E-state index in [-0.39, 0.29) is 34.1 Å². The normalized spacial score (nSPS) is 26.9. The van der Waals surface area contributed by atoms with Gasteiger partial charge in [0.1, 0.15) is 0 Å². The zero-order chi connectivity index (χ0) is 15.2. The molecule has 0 spiro atoms. The summed E-state index contributed by atoms with van der Waals surface area (Å²) in [6, 6.07) is 3.27. The van der Waals surface area contributed by atoms with Crippen LogP contribution in [0.25, 0.3) is 0 Å². The van der Waals surface area contributed by atoms with E-state index in [1.54, 1.807) is 24.3 Å². The van der Waals surface area contributed by atoms with Crippen molar-refractivity contribution >= 4 is 23.9 Å². The van der Waals surface area contributed by atoms with Crippen molar-refractivity contribution in [2.24, 2.45) is 0 Å². The second-order valence-electron chi connectivity index (χ2n) is 5.59. The summed E-state index contributed by atoms with van der Waals surface area (Å²) in [6.45, 7) is 0. The number of hydrogen-bond acceptors (Lipinski definition) is 6. The van der Waals surface area contributed by atoms with Crippen LogP contribution in [-0.2, 0) is 19.1 Å². The minimum Gasteiger partial charge on any atom is -0.386 e. The number of rotatable bonds is 0. The lowest BCUT2D eigenvalue weighted by Gasteiger charge is -2.38. The lowest BCUT2D eigenvalue weighted by molar-refractivity contribution is -0.149. The molecule has 1 aromatic rings. The van der Waals surface area contributed by atoms with Gasteiger partial charge >= 0.3 is 23.9 Å². The highest BCUT2D eigenvalue weighted by Crippen LogP contribution is 2.54. The van der Waals surface area contributed by atoms with Crippen molar-refractivity contribution < 1.29 is 28.7 Å². The van der Waals surface area contributed by atoms with Crippen LogP contribution in [0.2, 0.25) is 0 Å². The number of carbonyl (C=O) groups is 4. The monoisotopic (exact) mass is 294 g/mol. The van der Waals surface area contributed by atoms with E-state index < -0.39 is 23.9 Å². The Hall–Kier alpha value is -3.02. The number of allylic oxidation sites excluding steroid dienone is 2. The van der Waals surface area contributed by atoms with Gasteiger partial charge in [-0.05, 0) is 23.3 Å². The van der Waals surface area contributed by atoms with Crippen molar-refractivity contribution in [1.29, 1.82) is 0 Å². The minimum absolute atomic E-state index is 0.0963. The molecule has 0 N–H and O–H groups in total. The average molecular weight is 294 g/mol. The van der Waals surface area contributed by atoms with Gasteiger partial charge in [0.15, 0.2) is 0 Å². The highest BCUT2D eigenvalue weighted by molar-refractivity contribution is 6.19. The first kappa shape index (κ1) is 11.6. The number of benzene rings is 1. The van der Waals surface area contributed by atoms with Crippen molar-refractivity contribution in [2.45, 2.75) is 11.8 Å². The summed E-state index contributed by atoms with van der Waals surface area (Å²) in [4.78, 5) is 46.5. The van der Waals surface area contributed by atoms with E-state index in [1.807, 2.05) is 0 Å². The maximum absolute atomic E-state index is 11.6. The van der Waals surface area contributed by atoms with Gasteiger partial charge in [-0.2, -0.15) is 0 Å². The Kier molecular flexibility index (Phi) is 1.80. The van der Waals surface area contributed by atoms with Crippen molar-refractivity contribution in [1.82, 2.24) is 0 Å². The molecule has 2 aliphatic carbocycles. The molecule has 1 saturated heterocycles. The van der Waals surface area contributed by atoms with Crippen LogP contribution in [0.1, 0.15) is 43.7 Å². The summed E-state index contributed by atoms with van der Waals surface area (Å²) >= 11 is 0. The maximum Gasteiger partial charge on any atom is 0.346 e. The zero-order valence-electron chi connectivity index (χ0n) is 10.9. The van der Waals surface area contributed by atoms with Crippen LogP contribution in [0, 0.1) is 0 Å². The fraction of sp³-hybridized carbons (Fsp3) is 0.125. The van der Waals surface area contributed by atoms with Gasteiger partial charge < -0.3 is 9.47 Å². The molecule has 0 saturated carbocycles. The lowest BCUT2D eigenvalue weighted by atomic mass is 9.63. The molecule has 2 aliphatic heterocycles. The van der Waals surface area contributed by atoms with Crippen molar-refractivity contribution in [3.63, 3.8) is 0 Å². The molecule has 6 nitrogen and oxygen atoms in total. The predicted octanol–water partition coefficient (Wildman–Crippen LogP) is 1.13. The van der Waals surface area contributed by atoms with Gasteiger partial charge in [-0.25, -0.2) is 19.2 Å². The third-order valence-corrected chi connectivity index (χ3v) is 4.56. The van der Waals surface area contributed by atoms with Crippen LogP contribution in [-0.4, -0.2) is 23.9 Å². The molecule has 0 bridgehead atoms. The van der Waals surface area contributed by atoms with Gasteiger partial charge in [-0.3, -0.25) is 0 Å². The highest BCUT2D eigenvalue weighted by Gasteiger charge is 2.46. The molecule has 2 heterocycles. The molecular weight excluding hydrogens is 288 g/mol. The van der Waals surface area contributed by atoms with Gasteiger partial charge in [-0.1, -0.05) is 12.2 Å². The summed E-state index contributed by atoms with van der Waals surface area (Å²) in [5, 5.41) is 0. The molecular formula is C16H6O6. The summed E-state index contributed by atoms with van der Waals surface area (Å²) < 4.78 is 9.20. The van der Waals surface area contributed by atoms with Crippen LogP contribution in [0.3, 0.4) is 0 Å².